The van der Waals surface area contributed by atoms with Gasteiger partial charge >= 0.3 is 0 Å². The van der Waals surface area contributed by atoms with Gasteiger partial charge in [-0.25, -0.2) is 0 Å². The van der Waals surface area contributed by atoms with Crippen LogP contribution in [0, 0.1) is 0 Å². The molecule has 4 heteroatoms. The minimum Gasteiger partial charge on any atom is -0.356 e. The van der Waals surface area contributed by atoms with Crippen molar-refractivity contribution in [3.63, 3.8) is 0 Å². The number of piperidine rings is 1. The molecular weight excluding hydrogens is 252 g/mol. The summed E-state index contributed by atoms with van der Waals surface area (Å²) in [6.45, 7) is 1.64. The van der Waals surface area contributed by atoms with Crippen molar-refractivity contribution >= 4 is 6.29 Å². The van der Waals surface area contributed by atoms with Crippen LogP contribution in [0.3, 0.4) is 0 Å². The SMILES string of the molecule is O=CC1CCCCN1Cc1cc(-c2ccccc2)on1. The van der Waals surface area contributed by atoms with E-state index >= 15 is 0 Å². The van der Waals surface area contributed by atoms with E-state index in [0.29, 0.717) is 6.54 Å². The first-order chi connectivity index (χ1) is 9.86. The zero-order valence-corrected chi connectivity index (χ0v) is 11.4. The lowest BCUT2D eigenvalue weighted by Gasteiger charge is -2.31. The van der Waals surface area contributed by atoms with Gasteiger partial charge in [0.1, 0.15) is 6.29 Å². The Labute approximate surface area is 118 Å². The van der Waals surface area contributed by atoms with E-state index in [-0.39, 0.29) is 6.04 Å². The molecule has 1 aromatic carbocycles. The molecule has 3 rings (SSSR count). The van der Waals surface area contributed by atoms with Crippen LogP contribution in [0.5, 0.6) is 0 Å². The molecule has 0 amide bonds. The molecular formula is C16H18N2O2. The predicted molar refractivity (Wildman–Crippen MR) is 76.1 cm³/mol. The van der Waals surface area contributed by atoms with Crippen LogP contribution < -0.4 is 0 Å². The highest BCUT2D eigenvalue weighted by molar-refractivity contribution is 5.58. The van der Waals surface area contributed by atoms with E-state index in [1.807, 2.05) is 36.4 Å². The summed E-state index contributed by atoms with van der Waals surface area (Å²) in [7, 11) is 0. The van der Waals surface area contributed by atoms with Crippen molar-refractivity contribution in [2.45, 2.75) is 31.8 Å². The van der Waals surface area contributed by atoms with E-state index in [1.54, 1.807) is 0 Å². The number of aromatic nitrogens is 1. The molecule has 1 fully saturated rings. The number of rotatable bonds is 4. The number of carbonyl (C=O) groups excluding carboxylic acids is 1. The molecule has 2 heterocycles. The summed E-state index contributed by atoms with van der Waals surface area (Å²) < 4.78 is 5.40. The third kappa shape index (κ3) is 2.80. The second-order valence-electron chi connectivity index (χ2n) is 5.22. The average Bonchev–Trinajstić information content (AvgIpc) is 2.97. The molecule has 1 aromatic heterocycles. The third-order valence-corrected chi connectivity index (χ3v) is 3.80. The van der Waals surface area contributed by atoms with E-state index in [4.69, 9.17) is 4.52 Å². The first-order valence-corrected chi connectivity index (χ1v) is 7.07. The van der Waals surface area contributed by atoms with E-state index in [0.717, 1.165) is 49.1 Å². The van der Waals surface area contributed by atoms with Gasteiger partial charge in [0.05, 0.1) is 11.7 Å². The van der Waals surface area contributed by atoms with Gasteiger partial charge in [-0.05, 0) is 19.4 Å². The molecule has 0 spiro atoms. The number of carbonyl (C=O) groups is 1. The van der Waals surface area contributed by atoms with Crippen LogP contribution in [0.25, 0.3) is 11.3 Å². The number of likely N-dealkylation sites (tertiary alicyclic amines) is 1. The fraction of sp³-hybridized carbons (Fsp3) is 0.375. The van der Waals surface area contributed by atoms with Crippen molar-refractivity contribution in [3.05, 3.63) is 42.1 Å². The largest absolute Gasteiger partial charge is 0.356 e. The van der Waals surface area contributed by atoms with Crippen LogP contribution in [-0.4, -0.2) is 28.9 Å². The minimum absolute atomic E-state index is 0.0284. The van der Waals surface area contributed by atoms with Crippen LogP contribution in [0.4, 0.5) is 0 Å². The standard InChI is InChI=1S/C16H18N2O2/c19-12-15-8-4-5-9-18(15)11-14-10-16(20-17-14)13-6-2-1-3-7-13/h1-3,6-7,10,12,15H,4-5,8-9,11H2. The molecule has 0 radical (unpaired) electrons. The fourth-order valence-electron chi connectivity index (χ4n) is 2.70. The lowest BCUT2D eigenvalue weighted by atomic mass is 10.0. The lowest BCUT2D eigenvalue weighted by molar-refractivity contribution is -0.113. The molecule has 1 saturated heterocycles. The maximum absolute atomic E-state index is 11.1. The minimum atomic E-state index is 0.0284. The Hall–Kier alpha value is -1.94. The number of hydrogen-bond donors (Lipinski definition) is 0. The zero-order valence-electron chi connectivity index (χ0n) is 11.4. The summed E-state index contributed by atoms with van der Waals surface area (Å²) >= 11 is 0. The number of aldehydes is 1. The molecule has 1 aliphatic rings. The van der Waals surface area contributed by atoms with Crippen LogP contribution >= 0.6 is 0 Å². The molecule has 1 aliphatic heterocycles. The van der Waals surface area contributed by atoms with Gasteiger partial charge in [0.25, 0.3) is 0 Å². The van der Waals surface area contributed by atoms with Crippen LogP contribution in [0.1, 0.15) is 25.0 Å². The van der Waals surface area contributed by atoms with E-state index < -0.39 is 0 Å². The Morgan fingerprint density at radius 3 is 2.95 bits per heavy atom. The number of nitrogens with zero attached hydrogens (tertiary/aromatic N) is 2. The van der Waals surface area contributed by atoms with E-state index in [1.165, 1.54) is 0 Å². The Kier molecular flexibility index (Phi) is 3.92. The molecule has 0 saturated carbocycles. The van der Waals surface area contributed by atoms with Crippen molar-refractivity contribution in [3.8, 4) is 11.3 Å². The van der Waals surface area contributed by atoms with Gasteiger partial charge in [-0.3, -0.25) is 4.90 Å². The van der Waals surface area contributed by atoms with Gasteiger partial charge in [-0.15, -0.1) is 0 Å². The monoisotopic (exact) mass is 270 g/mol. The molecule has 2 aromatic rings. The maximum atomic E-state index is 11.1. The topological polar surface area (TPSA) is 46.3 Å². The summed E-state index contributed by atoms with van der Waals surface area (Å²) in [6, 6.07) is 11.9. The van der Waals surface area contributed by atoms with E-state index in [9.17, 15) is 4.79 Å². The van der Waals surface area contributed by atoms with Crippen molar-refractivity contribution < 1.29 is 9.32 Å². The van der Waals surface area contributed by atoms with Crippen LogP contribution in [-0.2, 0) is 11.3 Å². The molecule has 0 N–H and O–H groups in total. The zero-order chi connectivity index (χ0) is 13.8. The quantitative estimate of drug-likeness (QED) is 0.801. The summed E-state index contributed by atoms with van der Waals surface area (Å²) in [6.07, 6.45) is 4.28. The highest BCUT2D eigenvalue weighted by atomic mass is 16.5. The first kappa shape index (κ1) is 13.1. The first-order valence-electron chi connectivity index (χ1n) is 7.07. The Morgan fingerprint density at radius 1 is 1.30 bits per heavy atom. The van der Waals surface area contributed by atoms with Gasteiger partial charge in [0, 0.05) is 18.2 Å². The number of hydrogen-bond acceptors (Lipinski definition) is 4. The molecule has 104 valence electrons. The summed E-state index contributed by atoms with van der Waals surface area (Å²) in [4.78, 5) is 13.3. The second-order valence-corrected chi connectivity index (χ2v) is 5.22. The van der Waals surface area contributed by atoms with Gasteiger partial charge in [-0.2, -0.15) is 0 Å². The summed E-state index contributed by atoms with van der Waals surface area (Å²) in [5, 5.41) is 4.12. The third-order valence-electron chi connectivity index (χ3n) is 3.80. The maximum Gasteiger partial charge on any atom is 0.167 e. The lowest BCUT2D eigenvalue weighted by Crippen LogP contribution is -2.39. The van der Waals surface area contributed by atoms with Crippen molar-refractivity contribution in [1.29, 1.82) is 0 Å². The smallest absolute Gasteiger partial charge is 0.167 e. The van der Waals surface area contributed by atoms with Crippen molar-refractivity contribution in [2.75, 3.05) is 6.54 Å². The van der Waals surface area contributed by atoms with Crippen molar-refractivity contribution in [1.82, 2.24) is 10.1 Å². The molecule has 0 aliphatic carbocycles. The molecule has 20 heavy (non-hydrogen) atoms. The average molecular weight is 270 g/mol. The Bertz CT molecular complexity index is 565. The number of benzene rings is 1. The normalized spacial score (nSPS) is 19.9. The summed E-state index contributed by atoms with van der Waals surface area (Å²) in [5.74, 6) is 0.778. The van der Waals surface area contributed by atoms with Crippen LogP contribution in [0.15, 0.2) is 40.9 Å². The Morgan fingerprint density at radius 2 is 2.15 bits per heavy atom. The summed E-state index contributed by atoms with van der Waals surface area (Å²) in [5.41, 5.74) is 1.91. The molecule has 4 nitrogen and oxygen atoms in total. The predicted octanol–water partition coefficient (Wildman–Crippen LogP) is 2.90. The highest BCUT2D eigenvalue weighted by Crippen LogP contribution is 2.22. The van der Waals surface area contributed by atoms with E-state index in [2.05, 4.69) is 10.1 Å². The fourth-order valence-corrected chi connectivity index (χ4v) is 2.70. The van der Waals surface area contributed by atoms with Crippen LogP contribution in [0.2, 0.25) is 0 Å². The van der Waals surface area contributed by atoms with Crippen molar-refractivity contribution in [2.24, 2.45) is 0 Å². The van der Waals surface area contributed by atoms with Gasteiger partial charge in [0.2, 0.25) is 0 Å². The molecule has 1 atom stereocenters. The molecule has 1 unspecified atom stereocenters. The second kappa shape index (κ2) is 6.01. The van der Waals surface area contributed by atoms with Gasteiger partial charge in [-0.1, -0.05) is 41.9 Å². The Balaban J connectivity index is 1.72. The molecule has 0 bridgehead atoms. The van der Waals surface area contributed by atoms with Gasteiger partial charge in [0.15, 0.2) is 5.76 Å². The van der Waals surface area contributed by atoms with Gasteiger partial charge < -0.3 is 9.32 Å². The highest BCUT2D eigenvalue weighted by Gasteiger charge is 2.22.